The molecule has 0 aliphatic rings. The van der Waals surface area contributed by atoms with E-state index in [4.69, 9.17) is 9.47 Å². The van der Waals surface area contributed by atoms with E-state index >= 15 is 0 Å². The lowest BCUT2D eigenvalue weighted by molar-refractivity contribution is -0.103. The second-order valence-corrected chi connectivity index (χ2v) is 2.80. The number of hydrogen-bond acceptors (Lipinski definition) is 2. The van der Waals surface area contributed by atoms with Crippen LogP contribution in [-0.2, 0) is 9.47 Å². The number of ether oxygens (including phenoxy) is 2. The van der Waals surface area contributed by atoms with Crippen LogP contribution in [0.4, 0.5) is 0 Å². The van der Waals surface area contributed by atoms with Gasteiger partial charge in [0.2, 0.25) is 0 Å². The summed E-state index contributed by atoms with van der Waals surface area (Å²) in [5.41, 5.74) is 0. The molecule has 0 radical (unpaired) electrons. The summed E-state index contributed by atoms with van der Waals surface area (Å²) in [5.74, 6) is 0. The minimum absolute atomic E-state index is 0.283. The minimum Gasteiger partial charge on any atom is -0.349 e. The van der Waals surface area contributed by atoms with Gasteiger partial charge >= 0.3 is 0 Å². The van der Waals surface area contributed by atoms with Gasteiger partial charge in [-0.15, -0.1) is 6.58 Å². The maximum atomic E-state index is 5.41. The topological polar surface area (TPSA) is 18.5 Å². The number of unbranched alkanes of at least 4 members (excludes halogenated alkanes) is 2. The Balaban J connectivity index is 3.36. The third kappa shape index (κ3) is 7.75. The van der Waals surface area contributed by atoms with Gasteiger partial charge in [-0.05, 0) is 12.5 Å². The molecule has 0 aliphatic carbocycles. The highest BCUT2D eigenvalue weighted by Gasteiger charge is 2.01. The van der Waals surface area contributed by atoms with E-state index in [1.807, 2.05) is 0 Å². The Morgan fingerprint density at radius 2 is 2.15 bits per heavy atom. The zero-order valence-electron chi connectivity index (χ0n) is 8.50. The Labute approximate surface area is 81.2 Å². The molecule has 2 heteroatoms. The van der Waals surface area contributed by atoms with Crippen LogP contribution in [0.5, 0.6) is 0 Å². The number of hydrogen-bond donors (Lipinski definition) is 0. The zero-order chi connectivity index (χ0) is 9.94. The predicted molar refractivity (Wildman–Crippen MR) is 55.6 cm³/mol. The standard InChI is InChI=1S/C11H20O2/c1-4-7-8-10-13-11(6-3)12-9-5-2/h5-6,11H,2-4,7-10H2,1H3/i9+2,10+2. The molecule has 1 atom stereocenters. The molecule has 1 unspecified atom stereocenters. The van der Waals surface area contributed by atoms with Crippen molar-refractivity contribution in [1.82, 2.24) is 0 Å². The van der Waals surface area contributed by atoms with Crippen LogP contribution < -0.4 is 0 Å². The highest BCUT2D eigenvalue weighted by Crippen LogP contribution is 2.00. The first-order valence-electron chi connectivity index (χ1n) is 4.81. The van der Waals surface area contributed by atoms with Crippen molar-refractivity contribution in [2.45, 2.75) is 32.5 Å². The molecule has 0 N–H and O–H groups in total. The molecule has 13 heavy (non-hydrogen) atoms. The van der Waals surface area contributed by atoms with Crippen LogP contribution in [-0.4, -0.2) is 19.5 Å². The third-order valence-corrected chi connectivity index (χ3v) is 1.60. The first-order chi connectivity index (χ1) is 6.35. The van der Waals surface area contributed by atoms with Gasteiger partial charge in [0, 0.05) is 0 Å². The second-order valence-electron chi connectivity index (χ2n) is 2.80. The maximum absolute atomic E-state index is 5.41. The van der Waals surface area contributed by atoms with E-state index in [1.165, 1.54) is 12.8 Å². The molecular weight excluding hydrogens is 168 g/mol. The van der Waals surface area contributed by atoms with Crippen molar-refractivity contribution in [1.29, 1.82) is 0 Å². The Hall–Kier alpha value is -0.600. The van der Waals surface area contributed by atoms with Crippen LogP contribution in [0.3, 0.4) is 0 Å². The van der Waals surface area contributed by atoms with Crippen LogP contribution in [0.1, 0.15) is 26.2 Å². The summed E-state index contributed by atoms with van der Waals surface area (Å²) >= 11 is 0. The van der Waals surface area contributed by atoms with E-state index in [9.17, 15) is 0 Å². The van der Waals surface area contributed by atoms with Gasteiger partial charge in [0.05, 0.1) is 13.2 Å². The fourth-order valence-electron chi connectivity index (χ4n) is 0.899. The second kappa shape index (κ2) is 9.49. The van der Waals surface area contributed by atoms with Gasteiger partial charge in [-0.1, -0.05) is 32.4 Å². The lowest BCUT2D eigenvalue weighted by Crippen LogP contribution is -2.15. The molecule has 0 bridgehead atoms. The van der Waals surface area contributed by atoms with Crippen LogP contribution >= 0.6 is 0 Å². The van der Waals surface area contributed by atoms with E-state index in [2.05, 4.69) is 20.1 Å². The molecule has 0 aromatic carbocycles. The molecule has 2 nitrogen and oxygen atoms in total. The van der Waals surface area contributed by atoms with E-state index in [0.717, 1.165) is 13.0 Å². The average molecular weight is 188 g/mol. The van der Waals surface area contributed by atoms with Crippen molar-refractivity contribution in [3.05, 3.63) is 25.3 Å². The summed E-state index contributed by atoms with van der Waals surface area (Å²) in [7, 11) is 0. The van der Waals surface area contributed by atoms with E-state index in [1.54, 1.807) is 12.2 Å². The van der Waals surface area contributed by atoms with Crippen molar-refractivity contribution in [2.24, 2.45) is 0 Å². The summed E-state index contributed by atoms with van der Waals surface area (Å²) in [6.07, 6.45) is 6.57. The Kier molecular flexibility index (Phi) is 9.05. The average Bonchev–Trinajstić information content (AvgIpc) is 2.17. The Morgan fingerprint density at radius 1 is 1.38 bits per heavy atom. The molecule has 0 fully saturated rings. The molecule has 0 heterocycles. The van der Waals surface area contributed by atoms with Crippen LogP contribution in [0.15, 0.2) is 25.3 Å². The van der Waals surface area contributed by atoms with E-state index in [0.29, 0.717) is 6.61 Å². The predicted octanol–water partition coefficient (Wildman–Crippen LogP) is 2.91. The quantitative estimate of drug-likeness (QED) is 0.314. The zero-order valence-corrected chi connectivity index (χ0v) is 8.50. The molecule has 0 aliphatic heterocycles. The third-order valence-electron chi connectivity index (χ3n) is 1.60. The molecule has 0 saturated carbocycles. The van der Waals surface area contributed by atoms with Crippen LogP contribution in [0, 0.1) is 0 Å². The Bertz CT molecular complexity index is 132. The van der Waals surface area contributed by atoms with Crippen LogP contribution in [0.25, 0.3) is 0 Å². The van der Waals surface area contributed by atoms with Crippen molar-refractivity contribution in [2.75, 3.05) is 13.2 Å². The van der Waals surface area contributed by atoms with Gasteiger partial charge in [0.25, 0.3) is 0 Å². The van der Waals surface area contributed by atoms with E-state index < -0.39 is 0 Å². The molecule has 0 amide bonds. The molecule has 0 aromatic heterocycles. The Morgan fingerprint density at radius 3 is 2.69 bits per heavy atom. The van der Waals surface area contributed by atoms with E-state index in [-0.39, 0.29) is 6.29 Å². The molecule has 0 spiro atoms. The molecule has 76 valence electrons. The summed E-state index contributed by atoms with van der Waals surface area (Å²) in [6, 6.07) is 0. The highest BCUT2D eigenvalue weighted by atomic mass is 16.8. The van der Waals surface area contributed by atoms with Crippen LogP contribution in [0.2, 0.25) is 0 Å². The summed E-state index contributed by atoms with van der Waals surface area (Å²) in [5, 5.41) is 0. The molecule has 0 rings (SSSR count). The first kappa shape index (κ1) is 12.4. The summed E-state index contributed by atoms with van der Waals surface area (Å²) in [4.78, 5) is 0. The summed E-state index contributed by atoms with van der Waals surface area (Å²) < 4.78 is 10.7. The lowest BCUT2D eigenvalue weighted by atomic mass is 10.3. The normalized spacial score (nSPS) is 12.4. The van der Waals surface area contributed by atoms with Gasteiger partial charge < -0.3 is 9.47 Å². The smallest absolute Gasteiger partial charge is 0.176 e. The molecule has 0 saturated heterocycles. The largest absolute Gasteiger partial charge is 0.349 e. The highest BCUT2D eigenvalue weighted by molar-refractivity contribution is 4.74. The number of rotatable bonds is 9. The fourth-order valence-corrected chi connectivity index (χ4v) is 0.899. The maximum Gasteiger partial charge on any atom is 0.176 e. The molecule has 0 aromatic rings. The SMILES string of the molecule is C=C[14CH2]OC(C=C)O[14CH2]CCCC. The van der Waals surface area contributed by atoms with Crippen molar-refractivity contribution in [3.8, 4) is 0 Å². The van der Waals surface area contributed by atoms with Gasteiger partial charge in [0.15, 0.2) is 6.29 Å². The van der Waals surface area contributed by atoms with Gasteiger partial charge in [0.1, 0.15) is 0 Å². The van der Waals surface area contributed by atoms with Gasteiger partial charge in [-0.3, -0.25) is 0 Å². The first-order valence-corrected chi connectivity index (χ1v) is 4.81. The lowest BCUT2D eigenvalue weighted by Gasteiger charge is -2.13. The minimum atomic E-state index is -0.283. The van der Waals surface area contributed by atoms with Crippen molar-refractivity contribution >= 4 is 0 Å². The molecular formula is C11H20O2. The van der Waals surface area contributed by atoms with Crippen molar-refractivity contribution in [3.63, 3.8) is 0 Å². The van der Waals surface area contributed by atoms with Gasteiger partial charge in [-0.2, -0.15) is 0 Å². The van der Waals surface area contributed by atoms with Crippen molar-refractivity contribution < 1.29 is 9.47 Å². The van der Waals surface area contributed by atoms with Gasteiger partial charge in [-0.25, -0.2) is 0 Å². The summed E-state index contributed by atoms with van der Waals surface area (Å²) in [6.45, 7) is 10.6. The fraction of sp³-hybridized carbons (Fsp3) is 0.636. The monoisotopic (exact) mass is 188 g/mol.